The molecule has 0 amide bonds. The van der Waals surface area contributed by atoms with Gasteiger partial charge in [-0.25, -0.2) is 0 Å². The smallest absolute Gasteiger partial charge is 0.202 e. The average Bonchev–Trinajstić information content (AvgIpc) is 2.48. The van der Waals surface area contributed by atoms with E-state index in [0.717, 1.165) is 43.6 Å². The Morgan fingerprint density at radius 2 is 2.13 bits per heavy atom. The molecule has 6 heteroatoms. The molecule has 1 aromatic heterocycles. The van der Waals surface area contributed by atoms with Crippen molar-refractivity contribution in [3.05, 3.63) is 10.6 Å². The van der Waals surface area contributed by atoms with E-state index in [1.807, 2.05) is 23.2 Å². The largest absolute Gasteiger partial charge is 0.370 e. The SMILES string of the molecule is Cc1nn(C[NH+]2CCOCC2)c(=S)n1C. The number of ether oxygens (including phenoxy) is 1. The van der Waals surface area contributed by atoms with Crippen LogP contribution in [-0.2, 0) is 18.5 Å². The minimum atomic E-state index is 0.798. The monoisotopic (exact) mass is 229 g/mol. The van der Waals surface area contributed by atoms with Crippen molar-refractivity contribution in [2.45, 2.75) is 13.6 Å². The Balaban J connectivity index is 2.10. The van der Waals surface area contributed by atoms with Gasteiger partial charge in [-0.2, -0.15) is 9.78 Å². The molecule has 2 rings (SSSR count). The second-order valence-corrected chi connectivity index (χ2v) is 4.27. The zero-order valence-corrected chi connectivity index (χ0v) is 10.0. The maximum absolute atomic E-state index is 5.31. The van der Waals surface area contributed by atoms with Crippen LogP contribution in [0.3, 0.4) is 0 Å². The molecule has 0 spiro atoms. The van der Waals surface area contributed by atoms with Crippen LogP contribution in [0.4, 0.5) is 0 Å². The van der Waals surface area contributed by atoms with Crippen LogP contribution in [-0.4, -0.2) is 40.7 Å². The van der Waals surface area contributed by atoms with E-state index >= 15 is 0 Å². The molecule has 0 aliphatic carbocycles. The summed E-state index contributed by atoms with van der Waals surface area (Å²) in [5.41, 5.74) is 0. The van der Waals surface area contributed by atoms with Crippen molar-refractivity contribution in [3.8, 4) is 0 Å². The molecule has 0 saturated carbocycles. The lowest BCUT2D eigenvalue weighted by atomic mass is 10.4. The predicted molar refractivity (Wildman–Crippen MR) is 58.3 cm³/mol. The molecular weight excluding hydrogens is 212 g/mol. The zero-order valence-electron chi connectivity index (χ0n) is 9.19. The molecule has 0 radical (unpaired) electrons. The van der Waals surface area contributed by atoms with E-state index in [0.29, 0.717) is 0 Å². The summed E-state index contributed by atoms with van der Waals surface area (Å²) < 4.78 is 9.96. The fraction of sp³-hybridized carbons (Fsp3) is 0.778. The third kappa shape index (κ3) is 2.27. The summed E-state index contributed by atoms with van der Waals surface area (Å²) >= 11 is 5.30. The van der Waals surface area contributed by atoms with Gasteiger partial charge in [-0.3, -0.25) is 0 Å². The van der Waals surface area contributed by atoms with Crippen LogP contribution < -0.4 is 4.90 Å². The van der Waals surface area contributed by atoms with Gasteiger partial charge in [-0.1, -0.05) is 0 Å². The van der Waals surface area contributed by atoms with E-state index in [2.05, 4.69) is 5.10 Å². The van der Waals surface area contributed by atoms with Crippen LogP contribution in [0.1, 0.15) is 5.82 Å². The number of aryl methyl sites for hydroxylation is 1. The van der Waals surface area contributed by atoms with Gasteiger partial charge < -0.3 is 14.2 Å². The summed E-state index contributed by atoms with van der Waals surface area (Å²) in [5, 5.41) is 4.42. The highest BCUT2D eigenvalue weighted by atomic mass is 32.1. The van der Waals surface area contributed by atoms with E-state index in [1.165, 1.54) is 4.90 Å². The van der Waals surface area contributed by atoms with Gasteiger partial charge in [0.25, 0.3) is 0 Å². The number of quaternary nitrogens is 1. The van der Waals surface area contributed by atoms with Crippen molar-refractivity contribution in [1.82, 2.24) is 14.3 Å². The van der Waals surface area contributed by atoms with Crippen molar-refractivity contribution in [2.24, 2.45) is 7.05 Å². The Morgan fingerprint density at radius 1 is 1.47 bits per heavy atom. The minimum Gasteiger partial charge on any atom is -0.370 e. The number of nitrogens with one attached hydrogen (secondary N) is 1. The van der Waals surface area contributed by atoms with Gasteiger partial charge in [-0.05, 0) is 19.1 Å². The molecule has 0 unspecified atom stereocenters. The summed E-state index contributed by atoms with van der Waals surface area (Å²) in [6, 6.07) is 0. The summed E-state index contributed by atoms with van der Waals surface area (Å²) in [6.07, 6.45) is 0. The number of hydrogen-bond donors (Lipinski definition) is 1. The van der Waals surface area contributed by atoms with Crippen molar-refractivity contribution in [3.63, 3.8) is 0 Å². The lowest BCUT2D eigenvalue weighted by molar-refractivity contribution is -0.930. The molecular formula is C9H17N4OS+. The molecule has 1 saturated heterocycles. The standard InChI is InChI=1S/C9H16N4OS/c1-8-10-13(9(15)11(8)2)7-12-3-5-14-6-4-12/h3-7H2,1-2H3/p+1. The van der Waals surface area contributed by atoms with E-state index in [-0.39, 0.29) is 0 Å². The van der Waals surface area contributed by atoms with Crippen molar-refractivity contribution >= 4 is 12.2 Å². The fourth-order valence-electron chi connectivity index (χ4n) is 1.73. The van der Waals surface area contributed by atoms with Crippen LogP contribution in [0, 0.1) is 11.7 Å². The summed E-state index contributed by atoms with van der Waals surface area (Å²) in [6.45, 7) is 6.59. The second kappa shape index (κ2) is 4.42. The normalized spacial score (nSPS) is 18.3. The lowest BCUT2D eigenvalue weighted by Gasteiger charge is -2.23. The lowest BCUT2D eigenvalue weighted by Crippen LogP contribution is -3.13. The Labute approximate surface area is 94.2 Å². The zero-order chi connectivity index (χ0) is 10.8. The molecule has 1 aromatic rings. The Morgan fingerprint density at radius 3 is 2.67 bits per heavy atom. The molecule has 15 heavy (non-hydrogen) atoms. The molecule has 0 bridgehead atoms. The van der Waals surface area contributed by atoms with Crippen LogP contribution in [0.5, 0.6) is 0 Å². The third-order valence-corrected chi connectivity index (χ3v) is 3.32. The van der Waals surface area contributed by atoms with Crippen LogP contribution >= 0.6 is 12.2 Å². The van der Waals surface area contributed by atoms with Crippen LogP contribution in [0.15, 0.2) is 0 Å². The topological polar surface area (TPSA) is 36.4 Å². The van der Waals surface area contributed by atoms with Gasteiger partial charge in [0.05, 0.1) is 13.2 Å². The molecule has 0 atom stereocenters. The van der Waals surface area contributed by atoms with E-state index < -0.39 is 0 Å². The molecule has 84 valence electrons. The van der Waals surface area contributed by atoms with Gasteiger partial charge in [0.2, 0.25) is 4.77 Å². The highest BCUT2D eigenvalue weighted by molar-refractivity contribution is 7.71. The molecule has 5 nitrogen and oxygen atoms in total. The molecule has 1 fully saturated rings. The van der Waals surface area contributed by atoms with Crippen LogP contribution in [0.25, 0.3) is 0 Å². The fourth-order valence-corrected chi connectivity index (χ4v) is 1.97. The third-order valence-electron chi connectivity index (χ3n) is 2.83. The van der Waals surface area contributed by atoms with Gasteiger partial charge in [-0.15, -0.1) is 0 Å². The maximum atomic E-state index is 5.31. The van der Waals surface area contributed by atoms with E-state index in [4.69, 9.17) is 17.0 Å². The molecule has 0 aromatic carbocycles. The average molecular weight is 229 g/mol. The number of morpholine rings is 1. The number of hydrogen-bond acceptors (Lipinski definition) is 3. The quantitative estimate of drug-likeness (QED) is 0.670. The van der Waals surface area contributed by atoms with E-state index in [1.54, 1.807) is 0 Å². The number of nitrogens with zero attached hydrogens (tertiary/aromatic N) is 3. The number of aromatic nitrogens is 3. The van der Waals surface area contributed by atoms with Crippen molar-refractivity contribution in [1.29, 1.82) is 0 Å². The van der Waals surface area contributed by atoms with Gasteiger partial charge in [0, 0.05) is 7.05 Å². The first-order valence-electron chi connectivity index (χ1n) is 5.20. The maximum Gasteiger partial charge on any atom is 0.202 e. The Hall–Kier alpha value is -0.720. The first-order chi connectivity index (χ1) is 7.18. The molecule has 1 aliphatic rings. The highest BCUT2D eigenvalue weighted by Gasteiger charge is 2.15. The first-order valence-corrected chi connectivity index (χ1v) is 5.61. The Kier molecular flexibility index (Phi) is 3.18. The van der Waals surface area contributed by atoms with E-state index in [9.17, 15) is 0 Å². The summed E-state index contributed by atoms with van der Waals surface area (Å²) in [5.74, 6) is 0.965. The molecule has 2 heterocycles. The molecule has 1 aliphatic heterocycles. The van der Waals surface area contributed by atoms with Crippen LogP contribution in [0.2, 0.25) is 0 Å². The Bertz CT molecular complexity index is 391. The number of rotatable bonds is 2. The van der Waals surface area contributed by atoms with Gasteiger partial charge >= 0.3 is 0 Å². The summed E-state index contributed by atoms with van der Waals surface area (Å²) in [7, 11) is 1.95. The summed E-state index contributed by atoms with van der Waals surface area (Å²) in [4.78, 5) is 1.48. The van der Waals surface area contributed by atoms with Crippen molar-refractivity contribution < 1.29 is 9.64 Å². The van der Waals surface area contributed by atoms with Gasteiger partial charge in [0.1, 0.15) is 18.9 Å². The molecule has 1 N–H and O–H groups in total. The first kappa shape index (κ1) is 10.8. The van der Waals surface area contributed by atoms with Crippen molar-refractivity contribution in [2.75, 3.05) is 26.3 Å². The predicted octanol–water partition coefficient (Wildman–Crippen LogP) is -0.868. The minimum absolute atomic E-state index is 0.798. The second-order valence-electron chi connectivity index (χ2n) is 3.91. The van der Waals surface area contributed by atoms with Gasteiger partial charge in [0.15, 0.2) is 6.67 Å². The highest BCUT2D eigenvalue weighted by Crippen LogP contribution is 1.94.